The maximum Gasteiger partial charge on any atom is 0.231 e. The highest BCUT2D eigenvalue weighted by Crippen LogP contribution is 2.29. The van der Waals surface area contributed by atoms with Crippen molar-refractivity contribution in [2.75, 3.05) is 44.2 Å². The molecule has 102 valence electrons. The number of rotatable bonds is 3. The van der Waals surface area contributed by atoms with E-state index in [1.807, 2.05) is 0 Å². The van der Waals surface area contributed by atoms with Crippen molar-refractivity contribution in [3.8, 4) is 0 Å². The molecule has 0 bridgehead atoms. The van der Waals surface area contributed by atoms with Gasteiger partial charge in [0.25, 0.3) is 0 Å². The zero-order chi connectivity index (χ0) is 13.2. The first-order valence-electron chi connectivity index (χ1n) is 6.76. The number of hydrogen-bond acceptors (Lipinski definition) is 3. The third-order valence-corrected chi connectivity index (χ3v) is 3.83. The van der Waals surface area contributed by atoms with E-state index in [0.717, 1.165) is 44.0 Å². The summed E-state index contributed by atoms with van der Waals surface area (Å²) in [4.78, 5) is 16.0. The zero-order valence-corrected chi connectivity index (χ0v) is 10.9. The van der Waals surface area contributed by atoms with Gasteiger partial charge < -0.3 is 10.2 Å². The maximum absolute atomic E-state index is 13.3. The SMILES string of the molecule is O=C1Cc2ccc(F)cc2N1CCN1CCNCC1. The van der Waals surface area contributed by atoms with Crippen LogP contribution in [0.25, 0.3) is 0 Å². The van der Waals surface area contributed by atoms with Crippen molar-refractivity contribution in [3.63, 3.8) is 0 Å². The molecule has 2 aliphatic heterocycles. The second kappa shape index (κ2) is 5.27. The summed E-state index contributed by atoms with van der Waals surface area (Å²) in [6.45, 7) is 5.52. The summed E-state index contributed by atoms with van der Waals surface area (Å²) in [5, 5.41) is 3.30. The van der Waals surface area contributed by atoms with E-state index in [9.17, 15) is 9.18 Å². The summed E-state index contributed by atoms with van der Waals surface area (Å²) in [6.07, 6.45) is 0.400. The van der Waals surface area contributed by atoms with Gasteiger partial charge in [-0.15, -0.1) is 0 Å². The van der Waals surface area contributed by atoms with Crippen LogP contribution in [0.3, 0.4) is 0 Å². The Balaban J connectivity index is 1.67. The van der Waals surface area contributed by atoms with Crippen molar-refractivity contribution >= 4 is 11.6 Å². The molecule has 1 N–H and O–H groups in total. The van der Waals surface area contributed by atoms with Gasteiger partial charge in [-0.1, -0.05) is 6.07 Å². The van der Waals surface area contributed by atoms with Crippen LogP contribution in [0.2, 0.25) is 0 Å². The van der Waals surface area contributed by atoms with E-state index in [4.69, 9.17) is 0 Å². The van der Waals surface area contributed by atoms with E-state index in [-0.39, 0.29) is 11.7 Å². The topological polar surface area (TPSA) is 35.6 Å². The maximum atomic E-state index is 13.3. The van der Waals surface area contributed by atoms with Gasteiger partial charge in [0, 0.05) is 39.3 Å². The highest BCUT2D eigenvalue weighted by atomic mass is 19.1. The van der Waals surface area contributed by atoms with Gasteiger partial charge >= 0.3 is 0 Å². The number of carbonyl (C=O) groups is 1. The molecule has 0 atom stereocenters. The van der Waals surface area contributed by atoms with Crippen LogP contribution in [-0.2, 0) is 11.2 Å². The normalized spacial score (nSPS) is 19.8. The summed E-state index contributed by atoms with van der Waals surface area (Å²) in [6, 6.07) is 4.61. The quantitative estimate of drug-likeness (QED) is 0.868. The second-order valence-corrected chi connectivity index (χ2v) is 5.09. The van der Waals surface area contributed by atoms with Gasteiger partial charge in [-0.25, -0.2) is 4.39 Å². The van der Waals surface area contributed by atoms with Crippen LogP contribution in [0, 0.1) is 5.82 Å². The lowest BCUT2D eigenvalue weighted by Gasteiger charge is -2.29. The number of hydrogen-bond donors (Lipinski definition) is 1. The Morgan fingerprint density at radius 3 is 2.79 bits per heavy atom. The Bertz CT molecular complexity index is 486. The molecule has 1 aromatic carbocycles. The molecule has 4 nitrogen and oxygen atoms in total. The molecule has 2 aliphatic rings. The third kappa shape index (κ3) is 2.62. The Hall–Kier alpha value is -1.46. The number of nitrogens with one attached hydrogen (secondary N) is 1. The number of fused-ring (bicyclic) bond motifs is 1. The van der Waals surface area contributed by atoms with E-state index >= 15 is 0 Å². The Kier molecular flexibility index (Phi) is 3.48. The standard InChI is InChI=1S/C14H18FN3O/c15-12-2-1-11-9-14(19)18(13(11)10-12)8-7-17-5-3-16-4-6-17/h1-2,10,16H,3-9H2. The van der Waals surface area contributed by atoms with Crippen LogP contribution in [0.5, 0.6) is 0 Å². The second-order valence-electron chi connectivity index (χ2n) is 5.09. The van der Waals surface area contributed by atoms with Crippen LogP contribution >= 0.6 is 0 Å². The molecule has 0 spiro atoms. The van der Waals surface area contributed by atoms with Gasteiger partial charge in [-0.05, 0) is 17.7 Å². The molecule has 19 heavy (non-hydrogen) atoms. The fourth-order valence-electron chi connectivity index (χ4n) is 2.75. The molecular weight excluding hydrogens is 245 g/mol. The molecule has 0 saturated carbocycles. The molecule has 0 aromatic heterocycles. The predicted molar refractivity (Wildman–Crippen MR) is 71.8 cm³/mol. The van der Waals surface area contributed by atoms with Crippen molar-refractivity contribution in [2.24, 2.45) is 0 Å². The predicted octanol–water partition coefficient (Wildman–Crippen LogP) is 0.620. The lowest BCUT2D eigenvalue weighted by molar-refractivity contribution is -0.117. The summed E-state index contributed by atoms with van der Waals surface area (Å²) in [5.74, 6) is -0.198. The highest BCUT2D eigenvalue weighted by Gasteiger charge is 2.27. The molecule has 0 radical (unpaired) electrons. The average molecular weight is 263 g/mol. The summed E-state index contributed by atoms with van der Waals surface area (Å²) in [7, 11) is 0. The summed E-state index contributed by atoms with van der Waals surface area (Å²) < 4.78 is 13.3. The first-order chi connectivity index (χ1) is 9.24. The van der Waals surface area contributed by atoms with Gasteiger partial charge in [0.1, 0.15) is 5.82 Å². The summed E-state index contributed by atoms with van der Waals surface area (Å²) in [5.41, 5.74) is 1.69. The van der Waals surface area contributed by atoms with E-state index in [1.165, 1.54) is 12.1 Å². The first kappa shape index (κ1) is 12.6. The Morgan fingerprint density at radius 2 is 2.00 bits per heavy atom. The van der Waals surface area contributed by atoms with E-state index in [0.29, 0.717) is 13.0 Å². The van der Waals surface area contributed by atoms with Crippen LogP contribution in [0.15, 0.2) is 18.2 Å². The van der Waals surface area contributed by atoms with Crippen molar-refractivity contribution in [1.29, 1.82) is 0 Å². The fourth-order valence-corrected chi connectivity index (χ4v) is 2.75. The average Bonchev–Trinajstić information content (AvgIpc) is 2.73. The molecule has 3 rings (SSSR count). The van der Waals surface area contributed by atoms with Crippen molar-refractivity contribution in [2.45, 2.75) is 6.42 Å². The zero-order valence-electron chi connectivity index (χ0n) is 10.9. The number of carbonyl (C=O) groups excluding carboxylic acids is 1. The van der Waals surface area contributed by atoms with Gasteiger partial charge in [0.15, 0.2) is 0 Å². The third-order valence-electron chi connectivity index (χ3n) is 3.83. The minimum atomic E-state index is -0.277. The number of benzene rings is 1. The minimum absolute atomic E-state index is 0.0794. The molecule has 1 fully saturated rings. The lowest BCUT2D eigenvalue weighted by atomic mass is 10.1. The molecule has 0 unspecified atom stereocenters. The first-order valence-corrected chi connectivity index (χ1v) is 6.76. The van der Waals surface area contributed by atoms with Gasteiger partial charge in [-0.2, -0.15) is 0 Å². The number of nitrogens with zero attached hydrogens (tertiary/aromatic N) is 2. The molecule has 1 saturated heterocycles. The van der Waals surface area contributed by atoms with Crippen molar-refractivity contribution in [1.82, 2.24) is 10.2 Å². The fraction of sp³-hybridized carbons (Fsp3) is 0.500. The molecular formula is C14H18FN3O. The van der Waals surface area contributed by atoms with E-state index in [1.54, 1.807) is 11.0 Å². The van der Waals surface area contributed by atoms with Gasteiger partial charge in [-0.3, -0.25) is 9.69 Å². The Morgan fingerprint density at radius 1 is 1.21 bits per heavy atom. The Labute approximate surface area is 112 Å². The minimum Gasteiger partial charge on any atom is -0.314 e. The molecule has 5 heteroatoms. The number of anilines is 1. The number of amides is 1. The smallest absolute Gasteiger partial charge is 0.231 e. The van der Waals surface area contributed by atoms with Crippen LogP contribution in [0.1, 0.15) is 5.56 Å². The monoisotopic (exact) mass is 263 g/mol. The number of piperazine rings is 1. The van der Waals surface area contributed by atoms with Gasteiger partial charge in [0.05, 0.1) is 12.1 Å². The highest BCUT2D eigenvalue weighted by molar-refractivity contribution is 6.01. The van der Waals surface area contributed by atoms with Crippen LogP contribution in [0.4, 0.5) is 10.1 Å². The van der Waals surface area contributed by atoms with Crippen LogP contribution < -0.4 is 10.2 Å². The van der Waals surface area contributed by atoms with E-state index in [2.05, 4.69) is 10.2 Å². The molecule has 1 aromatic rings. The molecule has 2 heterocycles. The molecule has 1 amide bonds. The van der Waals surface area contributed by atoms with Crippen molar-refractivity contribution in [3.05, 3.63) is 29.6 Å². The summed E-state index contributed by atoms with van der Waals surface area (Å²) >= 11 is 0. The van der Waals surface area contributed by atoms with E-state index < -0.39 is 0 Å². The van der Waals surface area contributed by atoms with Crippen LogP contribution in [-0.4, -0.2) is 50.1 Å². The number of halogens is 1. The van der Waals surface area contributed by atoms with Gasteiger partial charge in [0.2, 0.25) is 5.91 Å². The largest absolute Gasteiger partial charge is 0.314 e. The lowest BCUT2D eigenvalue weighted by Crippen LogP contribution is -2.46. The molecule has 0 aliphatic carbocycles. The van der Waals surface area contributed by atoms with Crippen molar-refractivity contribution < 1.29 is 9.18 Å².